The number of furan rings is 1. The molecule has 2 heterocycles. The van der Waals surface area contributed by atoms with Crippen molar-refractivity contribution in [2.24, 2.45) is 0 Å². The van der Waals surface area contributed by atoms with Gasteiger partial charge in [-0.2, -0.15) is 0 Å². The van der Waals surface area contributed by atoms with Crippen LogP contribution in [0, 0.1) is 5.82 Å². The van der Waals surface area contributed by atoms with Crippen LogP contribution in [0.1, 0.15) is 17.4 Å². The van der Waals surface area contributed by atoms with E-state index in [1.165, 1.54) is 23.1 Å². The first-order chi connectivity index (χ1) is 12.2. The highest BCUT2D eigenvalue weighted by Gasteiger charge is 2.26. The summed E-state index contributed by atoms with van der Waals surface area (Å²) in [4.78, 5) is 13.4. The first-order valence-electron chi connectivity index (χ1n) is 8.39. The minimum atomic E-state index is -0.259. The van der Waals surface area contributed by atoms with Crippen molar-refractivity contribution >= 4 is 12.0 Å². The maximum Gasteiger partial charge on any atom is 0.244 e. The first kappa shape index (κ1) is 17.4. The minimum absolute atomic E-state index is 0.0606. The van der Waals surface area contributed by atoms with Crippen LogP contribution in [0.15, 0.2) is 53.2 Å². The van der Waals surface area contributed by atoms with E-state index in [-0.39, 0.29) is 17.8 Å². The topological polar surface area (TPSA) is 55.9 Å². The molecule has 0 bridgehead atoms. The van der Waals surface area contributed by atoms with E-state index in [0.29, 0.717) is 25.5 Å². The summed E-state index contributed by atoms with van der Waals surface area (Å²) in [5.74, 6) is 0.185. The number of hydrogen-bond donors (Lipinski definition) is 2. The molecule has 1 saturated heterocycles. The van der Waals surface area contributed by atoms with Gasteiger partial charge in [0.2, 0.25) is 5.91 Å². The smallest absolute Gasteiger partial charge is 0.244 e. The number of ether oxygens (including phenoxy) is 1. The third-order valence-corrected chi connectivity index (χ3v) is 4.32. The Morgan fingerprint density at radius 3 is 2.68 bits per heavy atom. The summed E-state index contributed by atoms with van der Waals surface area (Å²) in [6.07, 6.45) is 4.64. The van der Waals surface area contributed by atoms with Gasteiger partial charge in [-0.15, -0.1) is 0 Å². The van der Waals surface area contributed by atoms with Gasteiger partial charge in [0, 0.05) is 11.6 Å². The lowest BCUT2D eigenvalue weighted by molar-refractivity contribution is -0.937. The summed E-state index contributed by atoms with van der Waals surface area (Å²) in [7, 11) is 0. The van der Waals surface area contributed by atoms with E-state index in [4.69, 9.17) is 9.15 Å². The Labute approximate surface area is 146 Å². The van der Waals surface area contributed by atoms with Gasteiger partial charge in [-0.3, -0.25) is 4.79 Å². The maximum atomic E-state index is 13.2. The fourth-order valence-corrected chi connectivity index (χ4v) is 2.98. The molecule has 0 aliphatic carbocycles. The van der Waals surface area contributed by atoms with E-state index < -0.39 is 0 Å². The summed E-state index contributed by atoms with van der Waals surface area (Å²) in [5.41, 5.74) is 1.01. The van der Waals surface area contributed by atoms with Crippen LogP contribution in [0.3, 0.4) is 0 Å². The van der Waals surface area contributed by atoms with Crippen LogP contribution in [-0.2, 0) is 9.53 Å². The molecule has 1 aliphatic heterocycles. The second kappa shape index (κ2) is 8.60. The Bertz CT molecular complexity index is 692. The van der Waals surface area contributed by atoms with E-state index in [9.17, 15) is 9.18 Å². The number of nitrogens with one attached hydrogen (secondary N) is 2. The quantitative estimate of drug-likeness (QED) is 0.774. The van der Waals surface area contributed by atoms with E-state index in [1.807, 2.05) is 0 Å². The van der Waals surface area contributed by atoms with Gasteiger partial charge in [0.05, 0.1) is 26.0 Å². The molecule has 1 aromatic heterocycles. The summed E-state index contributed by atoms with van der Waals surface area (Å²) >= 11 is 0. The lowest BCUT2D eigenvalue weighted by atomic mass is 10.0. The van der Waals surface area contributed by atoms with Gasteiger partial charge in [-0.25, -0.2) is 4.39 Å². The fraction of sp³-hybridized carbons (Fsp3) is 0.316. The summed E-state index contributed by atoms with van der Waals surface area (Å²) < 4.78 is 23.8. The summed E-state index contributed by atoms with van der Waals surface area (Å²) in [6.45, 7) is 3.58. The highest BCUT2D eigenvalue weighted by molar-refractivity contribution is 5.91. The van der Waals surface area contributed by atoms with Gasteiger partial charge in [0.25, 0.3) is 0 Å². The zero-order valence-electron chi connectivity index (χ0n) is 13.9. The van der Waals surface area contributed by atoms with Crippen LogP contribution in [0.4, 0.5) is 4.39 Å². The molecule has 1 fully saturated rings. The number of carbonyl (C=O) groups excluding carboxylic acids is 1. The normalized spacial score (nSPS) is 16.8. The number of hydrogen-bond acceptors (Lipinski definition) is 3. The number of quaternary nitrogens is 1. The number of benzene rings is 1. The predicted molar refractivity (Wildman–Crippen MR) is 91.4 cm³/mol. The van der Waals surface area contributed by atoms with Crippen molar-refractivity contribution in [3.05, 3.63) is 65.9 Å². The van der Waals surface area contributed by atoms with Gasteiger partial charge >= 0.3 is 0 Å². The molecular weight excluding hydrogens is 323 g/mol. The number of carbonyl (C=O) groups is 1. The summed E-state index contributed by atoms with van der Waals surface area (Å²) in [5, 5.41) is 2.93. The van der Waals surface area contributed by atoms with Crippen LogP contribution in [-0.4, -0.2) is 38.8 Å². The number of amides is 1. The standard InChI is InChI=1S/C19H21FN2O3/c20-16-5-3-15(4-6-16)18(22-9-12-24-13-10-22)14-21-19(23)8-7-17-2-1-11-25-17/h1-8,11,18H,9-10,12-14H2,(H,21,23)/p+1/b8-7+/t18-/m0/s1. The molecule has 1 atom stereocenters. The van der Waals surface area contributed by atoms with Gasteiger partial charge < -0.3 is 19.4 Å². The average molecular weight is 345 g/mol. The number of morpholine rings is 1. The molecule has 132 valence electrons. The Kier molecular flexibility index (Phi) is 5.98. The van der Waals surface area contributed by atoms with Gasteiger partial charge in [-0.1, -0.05) is 12.1 Å². The Morgan fingerprint density at radius 1 is 1.24 bits per heavy atom. The van der Waals surface area contributed by atoms with Crippen molar-refractivity contribution in [1.29, 1.82) is 0 Å². The Balaban J connectivity index is 1.64. The molecule has 0 unspecified atom stereocenters. The van der Waals surface area contributed by atoms with Gasteiger partial charge in [0.15, 0.2) is 0 Å². The minimum Gasteiger partial charge on any atom is -0.465 e. The molecule has 3 rings (SSSR count). The van der Waals surface area contributed by atoms with Crippen molar-refractivity contribution in [2.75, 3.05) is 32.8 Å². The van der Waals surface area contributed by atoms with Crippen molar-refractivity contribution in [3.63, 3.8) is 0 Å². The molecular formula is C19H22FN2O3+. The maximum absolute atomic E-state index is 13.2. The molecule has 0 saturated carbocycles. The van der Waals surface area contributed by atoms with E-state index in [1.54, 1.807) is 36.6 Å². The van der Waals surface area contributed by atoms with Crippen LogP contribution in [0.2, 0.25) is 0 Å². The van der Waals surface area contributed by atoms with E-state index in [2.05, 4.69) is 5.32 Å². The molecule has 2 N–H and O–H groups in total. The largest absolute Gasteiger partial charge is 0.465 e. The lowest BCUT2D eigenvalue weighted by Crippen LogP contribution is -3.15. The SMILES string of the molecule is O=C(/C=C/c1ccco1)NC[C@@H](c1ccc(F)cc1)[NH+]1CCOCC1. The average Bonchev–Trinajstić information content (AvgIpc) is 3.16. The highest BCUT2D eigenvalue weighted by Crippen LogP contribution is 2.11. The third-order valence-electron chi connectivity index (χ3n) is 4.32. The first-order valence-corrected chi connectivity index (χ1v) is 8.39. The van der Waals surface area contributed by atoms with Gasteiger partial charge in [-0.05, 0) is 30.3 Å². The van der Waals surface area contributed by atoms with E-state index in [0.717, 1.165) is 18.7 Å². The Hall–Kier alpha value is -2.44. The molecule has 1 aromatic carbocycles. The van der Waals surface area contributed by atoms with Crippen LogP contribution in [0.5, 0.6) is 0 Å². The molecule has 6 heteroatoms. The fourth-order valence-electron chi connectivity index (χ4n) is 2.98. The van der Waals surface area contributed by atoms with Crippen LogP contribution in [0.25, 0.3) is 6.08 Å². The third kappa shape index (κ3) is 5.01. The lowest BCUT2D eigenvalue weighted by Gasteiger charge is -2.31. The van der Waals surface area contributed by atoms with Crippen molar-refractivity contribution in [1.82, 2.24) is 5.32 Å². The predicted octanol–water partition coefficient (Wildman–Crippen LogP) is 1.20. The summed E-state index contributed by atoms with van der Waals surface area (Å²) in [6, 6.07) is 10.1. The molecule has 5 nitrogen and oxygen atoms in total. The number of halogens is 1. The molecule has 0 spiro atoms. The van der Waals surface area contributed by atoms with Gasteiger partial charge in [0.1, 0.15) is 30.7 Å². The van der Waals surface area contributed by atoms with Crippen molar-refractivity contribution < 1.29 is 23.2 Å². The number of rotatable bonds is 6. The molecule has 2 aromatic rings. The monoisotopic (exact) mass is 345 g/mol. The zero-order valence-corrected chi connectivity index (χ0v) is 13.9. The molecule has 25 heavy (non-hydrogen) atoms. The highest BCUT2D eigenvalue weighted by atomic mass is 19.1. The van der Waals surface area contributed by atoms with E-state index >= 15 is 0 Å². The van der Waals surface area contributed by atoms with Crippen LogP contribution < -0.4 is 10.2 Å². The van der Waals surface area contributed by atoms with Crippen molar-refractivity contribution in [2.45, 2.75) is 6.04 Å². The second-order valence-electron chi connectivity index (χ2n) is 5.97. The van der Waals surface area contributed by atoms with Crippen molar-refractivity contribution in [3.8, 4) is 0 Å². The van der Waals surface area contributed by atoms with Crippen LogP contribution >= 0.6 is 0 Å². The molecule has 0 radical (unpaired) electrons. The molecule has 1 amide bonds. The zero-order chi connectivity index (χ0) is 17.5. The Morgan fingerprint density at radius 2 is 2.00 bits per heavy atom. The molecule has 1 aliphatic rings. The second-order valence-corrected chi connectivity index (χ2v) is 5.97.